The first-order chi connectivity index (χ1) is 11.4. The Labute approximate surface area is 135 Å². The van der Waals surface area contributed by atoms with Gasteiger partial charge in [-0.2, -0.15) is 0 Å². The summed E-state index contributed by atoms with van der Waals surface area (Å²) in [5.74, 6) is 0.923. The zero-order valence-electron chi connectivity index (χ0n) is 12.7. The number of imidazole rings is 1. The summed E-state index contributed by atoms with van der Waals surface area (Å²) >= 11 is 0. The van der Waals surface area contributed by atoms with E-state index in [-0.39, 0.29) is 6.04 Å². The fraction of sp³-hybridized carbons (Fsp3) is 0.0500. The fourth-order valence-electron chi connectivity index (χ4n) is 2.89. The molecule has 0 N–H and O–H groups in total. The highest BCUT2D eigenvalue weighted by atomic mass is 15.1. The van der Waals surface area contributed by atoms with Gasteiger partial charge in [0.1, 0.15) is 0 Å². The first-order valence-corrected chi connectivity index (χ1v) is 7.68. The molecule has 0 bridgehead atoms. The Morgan fingerprint density at radius 2 is 1.26 bits per heavy atom. The SMILES string of the molecule is c1ccc(C(c2ccccc2)n2cnc(-n3cccc3)c2)cc1. The average Bonchev–Trinajstić information content (AvgIpc) is 3.29. The van der Waals surface area contributed by atoms with Crippen LogP contribution in [0.2, 0.25) is 0 Å². The second kappa shape index (κ2) is 5.97. The molecule has 0 atom stereocenters. The van der Waals surface area contributed by atoms with Gasteiger partial charge in [-0.05, 0) is 23.3 Å². The molecule has 0 saturated carbocycles. The predicted molar refractivity (Wildman–Crippen MR) is 91.7 cm³/mol. The molecule has 0 aliphatic heterocycles. The summed E-state index contributed by atoms with van der Waals surface area (Å²) in [5.41, 5.74) is 2.49. The Morgan fingerprint density at radius 3 is 1.83 bits per heavy atom. The summed E-state index contributed by atoms with van der Waals surface area (Å²) in [7, 11) is 0. The van der Waals surface area contributed by atoms with Gasteiger partial charge >= 0.3 is 0 Å². The van der Waals surface area contributed by atoms with Crippen LogP contribution in [0.5, 0.6) is 0 Å². The van der Waals surface area contributed by atoms with E-state index in [1.54, 1.807) is 0 Å². The van der Waals surface area contributed by atoms with Crippen molar-refractivity contribution in [3.8, 4) is 5.82 Å². The van der Waals surface area contributed by atoms with E-state index in [0.717, 1.165) is 5.82 Å². The van der Waals surface area contributed by atoms with Crippen molar-refractivity contribution < 1.29 is 0 Å². The van der Waals surface area contributed by atoms with Crippen LogP contribution < -0.4 is 0 Å². The van der Waals surface area contributed by atoms with Crippen LogP contribution in [0.1, 0.15) is 17.2 Å². The quantitative estimate of drug-likeness (QED) is 0.550. The molecule has 0 amide bonds. The van der Waals surface area contributed by atoms with Gasteiger partial charge in [0.05, 0.1) is 12.4 Å². The standard InChI is InChI=1S/C20H17N3/c1-3-9-17(10-4-1)20(18-11-5-2-6-12-18)23-15-19(21-16-23)22-13-7-8-14-22/h1-16,20H. The van der Waals surface area contributed by atoms with Gasteiger partial charge in [0.25, 0.3) is 0 Å². The molecule has 112 valence electrons. The van der Waals surface area contributed by atoms with E-state index in [1.165, 1.54) is 11.1 Å². The third-order valence-electron chi connectivity index (χ3n) is 3.99. The van der Waals surface area contributed by atoms with Gasteiger partial charge in [0, 0.05) is 18.6 Å². The van der Waals surface area contributed by atoms with Crippen molar-refractivity contribution in [3.05, 3.63) is 109 Å². The predicted octanol–water partition coefficient (Wildman–Crippen LogP) is 4.31. The van der Waals surface area contributed by atoms with Crippen molar-refractivity contribution in [2.75, 3.05) is 0 Å². The molecule has 2 aromatic carbocycles. The van der Waals surface area contributed by atoms with Gasteiger partial charge in [-0.1, -0.05) is 60.7 Å². The highest BCUT2D eigenvalue weighted by Gasteiger charge is 2.16. The van der Waals surface area contributed by atoms with Gasteiger partial charge in [-0.3, -0.25) is 0 Å². The minimum absolute atomic E-state index is 0.120. The second-order valence-electron chi connectivity index (χ2n) is 5.49. The lowest BCUT2D eigenvalue weighted by Gasteiger charge is -2.19. The third kappa shape index (κ3) is 2.69. The van der Waals surface area contributed by atoms with E-state index in [9.17, 15) is 0 Å². The van der Waals surface area contributed by atoms with Crippen molar-refractivity contribution in [2.24, 2.45) is 0 Å². The van der Waals surface area contributed by atoms with E-state index in [2.05, 4.69) is 64.3 Å². The van der Waals surface area contributed by atoms with Crippen LogP contribution in [0.4, 0.5) is 0 Å². The van der Waals surface area contributed by atoms with Gasteiger partial charge in [0.15, 0.2) is 5.82 Å². The largest absolute Gasteiger partial charge is 0.324 e. The first kappa shape index (κ1) is 13.6. The molecule has 0 spiro atoms. The Kier molecular flexibility index (Phi) is 3.53. The normalized spacial score (nSPS) is 11.0. The van der Waals surface area contributed by atoms with Crippen molar-refractivity contribution in [3.63, 3.8) is 0 Å². The summed E-state index contributed by atoms with van der Waals surface area (Å²) in [4.78, 5) is 4.56. The summed E-state index contributed by atoms with van der Waals surface area (Å²) in [6.07, 6.45) is 8.00. The minimum atomic E-state index is 0.120. The molecule has 3 heteroatoms. The maximum atomic E-state index is 4.56. The third-order valence-corrected chi connectivity index (χ3v) is 3.99. The van der Waals surface area contributed by atoms with Crippen LogP contribution in [0.3, 0.4) is 0 Å². The summed E-state index contributed by atoms with van der Waals surface area (Å²) < 4.78 is 4.18. The molecule has 0 aliphatic rings. The van der Waals surface area contributed by atoms with Gasteiger partial charge in [-0.25, -0.2) is 4.98 Å². The summed E-state index contributed by atoms with van der Waals surface area (Å²) in [6.45, 7) is 0. The van der Waals surface area contributed by atoms with Crippen LogP contribution in [0, 0.1) is 0 Å². The molecular formula is C20H17N3. The summed E-state index contributed by atoms with van der Waals surface area (Å²) in [6, 6.07) is 25.2. The number of benzene rings is 2. The lowest BCUT2D eigenvalue weighted by atomic mass is 9.99. The highest BCUT2D eigenvalue weighted by Crippen LogP contribution is 2.27. The van der Waals surface area contributed by atoms with Crippen LogP contribution in [-0.4, -0.2) is 14.1 Å². The van der Waals surface area contributed by atoms with Gasteiger partial charge in [0.2, 0.25) is 0 Å². The number of hydrogen-bond donors (Lipinski definition) is 0. The Balaban J connectivity index is 1.80. The molecule has 2 heterocycles. The molecule has 0 saturated heterocycles. The maximum absolute atomic E-state index is 4.56. The van der Waals surface area contributed by atoms with Crippen LogP contribution in [0.25, 0.3) is 5.82 Å². The van der Waals surface area contributed by atoms with Crippen molar-refractivity contribution in [1.29, 1.82) is 0 Å². The van der Waals surface area contributed by atoms with Crippen LogP contribution in [-0.2, 0) is 0 Å². The zero-order chi connectivity index (χ0) is 15.5. The van der Waals surface area contributed by atoms with E-state index in [4.69, 9.17) is 0 Å². The number of nitrogens with zero attached hydrogens (tertiary/aromatic N) is 3. The first-order valence-electron chi connectivity index (χ1n) is 7.68. The van der Waals surface area contributed by atoms with E-state index in [0.29, 0.717) is 0 Å². The van der Waals surface area contributed by atoms with Crippen LogP contribution in [0.15, 0.2) is 97.7 Å². The van der Waals surface area contributed by atoms with Crippen molar-refractivity contribution in [1.82, 2.24) is 14.1 Å². The summed E-state index contributed by atoms with van der Waals surface area (Å²) in [5, 5.41) is 0. The zero-order valence-corrected chi connectivity index (χ0v) is 12.7. The Bertz CT molecular complexity index is 822. The molecular weight excluding hydrogens is 282 g/mol. The molecule has 4 aromatic rings. The number of rotatable bonds is 4. The molecule has 0 radical (unpaired) electrons. The molecule has 0 fully saturated rings. The molecule has 0 unspecified atom stereocenters. The van der Waals surface area contributed by atoms with Gasteiger partial charge < -0.3 is 9.13 Å². The van der Waals surface area contributed by atoms with Gasteiger partial charge in [-0.15, -0.1) is 0 Å². The Morgan fingerprint density at radius 1 is 0.696 bits per heavy atom. The van der Waals surface area contributed by atoms with E-state index in [1.807, 2.05) is 47.6 Å². The topological polar surface area (TPSA) is 22.8 Å². The maximum Gasteiger partial charge on any atom is 0.154 e. The minimum Gasteiger partial charge on any atom is -0.324 e. The monoisotopic (exact) mass is 299 g/mol. The smallest absolute Gasteiger partial charge is 0.154 e. The van der Waals surface area contributed by atoms with Crippen molar-refractivity contribution in [2.45, 2.75) is 6.04 Å². The molecule has 2 aromatic heterocycles. The second-order valence-corrected chi connectivity index (χ2v) is 5.49. The molecule has 0 aliphatic carbocycles. The Hall–Kier alpha value is -3.07. The molecule has 3 nitrogen and oxygen atoms in total. The highest BCUT2D eigenvalue weighted by molar-refractivity contribution is 5.34. The van der Waals surface area contributed by atoms with Crippen LogP contribution >= 0.6 is 0 Å². The lowest BCUT2D eigenvalue weighted by molar-refractivity contribution is 0.676. The van der Waals surface area contributed by atoms with E-state index < -0.39 is 0 Å². The molecule has 4 rings (SSSR count). The van der Waals surface area contributed by atoms with Crippen molar-refractivity contribution >= 4 is 0 Å². The lowest BCUT2D eigenvalue weighted by Crippen LogP contribution is -2.10. The average molecular weight is 299 g/mol. The van der Waals surface area contributed by atoms with E-state index >= 15 is 0 Å². The molecule has 23 heavy (non-hydrogen) atoms. The number of hydrogen-bond acceptors (Lipinski definition) is 1. The fourth-order valence-corrected chi connectivity index (χ4v) is 2.89. The number of aromatic nitrogens is 3.